The van der Waals surface area contributed by atoms with Crippen molar-refractivity contribution in [1.82, 2.24) is 9.97 Å². The first kappa shape index (κ1) is 11.5. The summed E-state index contributed by atoms with van der Waals surface area (Å²) in [5.74, 6) is -0.118. The van der Waals surface area contributed by atoms with E-state index in [0.717, 1.165) is 3.57 Å². The third-order valence-electron chi connectivity index (χ3n) is 2.00. The summed E-state index contributed by atoms with van der Waals surface area (Å²) in [7, 11) is 0. The Hall–Kier alpha value is -1.01. The molecule has 1 aromatic carbocycles. The zero-order valence-corrected chi connectivity index (χ0v) is 10.9. The topological polar surface area (TPSA) is 42.9 Å². The molecule has 2 rings (SSSR count). The highest BCUT2D eigenvalue weighted by molar-refractivity contribution is 14.1. The Kier molecular flexibility index (Phi) is 3.50. The lowest BCUT2D eigenvalue weighted by molar-refractivity contribution is 0.103. The van der Waals surface area contributed by atoms with E-state index in [1.165, 1.54) is 18.7 Å². The molecule has 2 aromatic rings. The Balaban J connectivity index is 2.46. The van der Waals surface area contributed by atoms with Crippen molar-refractivity contribution in [3.63, 3.8) is 0 Å². The number of ketones is 1. The normalized spacial score (nSPS) is 10.1. The van der Waals surface area contributed by atoms with Crippen molar-refractivity contribution in [2.45, 2.75) is 0 Å². The molecule has 1 heterocycles. The molecule has 0 aliphatic carbocycles. The van der Waals surface area contributed by atoms with Crippen molar-refractivity contribution in [2.24, 2.45) is 0 Å². The SMILES string of the molecule is O=C(c1cncnc1)c1cc(Cl)ccc1I. The quantitative estimate of drug-likeness (QED) is 0.621. The summed E-state index contributed by atoms with van der Waals surface area (Å²) < 4.78 is 0.857. The summed E-state index contributed by atoms with van der Waals surface area (Å²) in [6, 6.07) is 5.21. The van der Waals surface area contributed by atoms with Gasteiger partial charge in [-0.15, -0.1) is 0 Å². The molecule has 0 unspecified atom stereocenters. The van der Waals surface area contributed by atoms with Gasteiger partial charge in [0.25, 0.3) is 0 Å². The predicted molar refractivity (Wildman–Crippen MR) is 69.6 cm³/mol. The molecule has 0 radical (unpaired) electrons. The second-order valence-corrected chi connectivity index (χ2v) is 4.68. The largest absolute Gasteiger partial charge is 0.288 e. The molecule has 0 aliphatic heterocycles. The van der Waals surface area contributed by atoms with Gasteiger partial charge in [0.05, 0.1) is 5.56 Å². The van der Waals surface area contributed by atoms with Crippen molar-refractivity contribution in [3.05, 3.63) is 56.6 Å². The van der Waals surface area contributed by atoms with E-state index in [1.54, 1.807) is 18.2 Å². The van der Waals surface area contributed by atoms with Gasteiger partial charge in [-0.1, -0.05) is 11.6 Å². The third-order valence-corrected chi connectivity index (χ3v) is 3.17. The van der Waals surface area contributed by atoms with Crippen LogP contribution in [0.4, 0.5) is 0 Å². The van der Waals surface area contributed by atoms with Crippen LogP contribution in [0.3, 0.4) is 0 Å². The van der Waals surface area contributed by atoms with Crippen molar-refractivity contribution >= 4 is 40.0 Å². The van der Waals surface area contributed by atoms with E-state index in [1.807, 2.05) is 0 Å². The summed E-state index contributed by atoms with van der Waals surface area (Å²) in [6.45, 7) is 0. The maximum atomic E-state index is 12.1. The highest BCUT2D eigenvalue weighted by atomic mass is 127. The predicted octanol–water partition coefficient (Wildman–Crippen LogP) is 2.97. The van der Waals surface area contributed by atoms with Crippen LogP contribution in [0.25, 0.3) is 0 Å². The molecule has 80 valence electrons. The second kappa shape index (κ2) is 4.88. The van der Waals surface area contributed by atoms with E-state index in [9.17, 15) is 4.79 Å². The average molecular weight is 345 g/mol. The van der Waals surface area contributed by atoms with Gasteiger partial charge in [-0.25, -0.2) is 9.97 Å². The van der Waals surface area contributed by atoms with Gasteiger partial charge in [-0.2, -0.15) is 0 Å². The number of hydrogen-bond donors (Lipinski definition) is 0. The number of hydrogen-bond acceptors (Lipinski definition) is 3. The van der Waals surface area contributed by atoms with Crippen LogP contribution >= 0.6 is 34.2 Å². The highest BCUT2D eigenvalue weighted by Crippen LogP contribution is 2.20. The second-order valence-electron chi connectivity index (χ2n) is 3.08. The molecular formula is C11H6ClIN2O. The third kappa shape index (κ3) is 2.38. The van der Waals surface area contributed by atoms with Gasteiger partial charge >= 0.3 is 0 Å². The number of aromatic nitrogens is 2. The smallest absolute Gasteiger partial charge is 0.197 e. The zero-order valence-electron chi connectivity index (χ0n) is 8.02. The van der Waals surface area contributed by atoms with Gasteiger partial charge in [0, 0.05) is 26.5 Å². The molecule has 0 saturated heterocycles. The fourth-order valence-electron chi connectivity index (χ4n) is 1.24. The zero-order chi connectivity index (χ0) is 11.5. The number of rotatable bonds is 2. The lowest BCUT2D eigenvalue weighted by Crippen LogP contribution is -2.04. The molecule has 3 nitrogen and oxygen atoms in total. The molecule has 0 amide bonds. The van der Waals surface area contributed by atoms with Gasteiger partial charge in [0.2, 0.25) is 0 Å². The molecule has 0 fully saturated rings. The lowest BCUT2D eigenvalue weighted by Gasteiger charge is -2.03. The molecule has 0 bridgehead atoms. The van der Waals surface area contributed by atoms with Gasteiger partial charge in [-0.3, -0.25) is 4.79 Å². The van der Waals surface area contributed by atoms with Crippen LogP contribution in [0.5, 0.6) is 0 Å². The van der Waals surface area contributed by atoms with E-state index < -0.39 is 0 Å². The molecule has 5 heteroatoms. The van der Waals surface area contributed by atoms with Crippen LogP contribution in [-0.2, 0) is 0 Å². The fourth-order valence-corrected chi connectivity index (χ4v) is 2.00. The number of nitrogens with zero attached hydrogens (tertiary/aromatic N) is 2. The van der Waals surface area contributed by atoms with Crippen LogP contribution in [0.1, 0.15) is 15.9 Å². The van der Waals surface area contributed by atoms with Gasteiger partial charge in [0.15, 0.2) is 5.78 Å². The fraction of sp³-hybridized carbons (Fsp3) is 0. The van der Waals surface area contributed by atoms with E-state index in [4.69, 9.17) is 11.6 Å². The average Bonchev–Trinajstić information content (AvgIpc) is 2.32. The first-order valence-corrected chi connectivity index (χ1v) is 5.89. The Morgan fingerprint density at radius 1 is 1.25 bits per heavy atom. The molecule has 1 aromatic heterocycles. The van der Waals surface area contributed by atoms with E-state index >= 15 is 0 Å². The Labute approximate surface area is 111 Å². The van der Waals surface area contributed by atoms with Gasteiger partial charge < -0.3 is 0 Å². The lowest BCUT2D eigenvalue weighted by atomic mass is 10.1. The number of benzene rings is 1. The molecule has 0 aliphatic rings. The van der Waals surface area contributed by atoms with Crippen LogP contribution in [0, 0.1) is 3.57 Å². The monoisotopic (exact) mass is 344 g/mol. The van der Waals surface area contributed by atoms with Crippen LogP contribution in [-0.4, -0.2) is 15.8 Å². The van der Waals surface area contributed by atoms with Gasteiger partial charge in [0.1, 0.15) is 6.33 Å². The molecule has 16 heavy (non-hydrogen) atoms. The molecule has 0 spiro atoms. The Morgan fingerprint density at radius 2 is 1.94 bits per heavy atom. The van der Waals surface area contributed by atoms with Crippen molar-refractivity contribution < 1.29 is 4.79 Å². The first-order valence-electron chi connectivity index (χ1n) is 4.43. The molecule has 0 N–H and O–H groups in total. The number of carbonyl (C=O) groups excluding carboxylic acids is 1. The summed E-state index contributed by atoms with van der Waals surface area (Å²) in [5.41, 5.74) is 1.03. The standard InChI is InChI=1S/C11H6ClIN2O/c12-8-1-2-10(13)9(3-8)11(16)7-4-14-6-15-5-7/h1-6H. The minimum atomic E-state index is -0.118. The molecule has 0 atom stereocenters. The van der Waals surface area contributed by atoms with E-state index in [0.29, 0.717) is 16.1 Å². The van der Waals surface area contributed by atoms with Crippen molar-refractivity contribution in [2.75, 3.05) is 0 Å². The number of halogens is 2. The minimum Gasteiger partial charge on any atom is -0.288 e. The van der Waals surface area contributed by atoms with E-state index in [-0.39, 0.29) is 5.78 Å². The Bertz CT molecular complexity index is 531. The number of carbonyl (C=O) groups is 1. The Morgan fingerprint density at radius 3 is 2.62 bits per heavy atom. The minimum absolute atomic E-state index is 0.118. The highest BCUT2D eigenvalue weighted by Gasteiger charge is 2.13. The summed E-state index contributed by atoms with van der Waals surface area (Å²) in [4.78, 5) is 19.7. The van der Waals surface area contributed by atoms with Crippen LogP contribution < -0.4 is 0 Å². The first-order chi connectivity index (χ1) is 7.68. The maximum Gasteiger partial charge on any atom is 0.197 e. The van der Waals surface area contributed by atoms with Crippen molar-refractivity contribution in [1.29, 1.82) is 0 Å². The summed E-state index contributed by atoms with van der Waals surface area (Å²) in [5, 5.41) is 0.542. The molecular weight excluding hydrogens is 338 g/mol. The summed E-state index contributed by atoms with van der Waals surface area (Å²) >= 11 is 7.96. The van der Waals surface area contributed by atoms with Gasteiger partial charge in [-0.05, 0) is 40.8 Å². The van der Waals surface area contributed by atoms with Crippen LogP contribution in [0.15, 0.2) is 36.9 Å². The summed E-state index contributed by atoms with van der Waals surface area (Å²) in [6.07, 6.45) is 4.37. The molecule has 0 saturated carbocycles. The van der Waals surface area contributed by atoms with Crippen LogP contribution in [0.2, 0.25) is 5.02 Å². The van der Waals surface area contributed by atoms with E-state index in [2.05, 4.69) is 32.6 Å². The maximum absolute atomic E-state index is 12.1. The van der Waals surface area contributed by atoms with Crippen molar-refractivity contribution in [3.8, 4) is 0 Å².